The highest BCUT2D eigenvalue weighted by Gasteiger charge is 2.71. The van der Waals surface area contributed by atoms with E-state index in [1.807, 2.05) is 0 Å². The predicted molar refractivity (Wildman–Crippen MR) is 62.6 cm³/mol. The molecule has 0 amide bonds. The summed E-state index contributed by atoms with van der Waals surface area (Å²) in [5, 5.41) is 0.208. The summed E-state index contributed by atoms with van der Waals surface area (Å²) in [5.41, 5.74) is -0.959. The van der Waals surface area contributed by atoms with E-state index >= 15 is 0 Å². The average Bonchev–Trinajstić information content (AvgIpc) is 2.78. The number of pyridine rings is 1. The van der Waals surface area contributed by atoms with Gasteiger partial charge in [-0.2, -0.15) is 0 Å². The molecule has 1 saturated carbocycles. The Morgan fingerprint density at radius 2 is 2.11 bits per heavy atom. The fraction of sp³-hybridized carbons (Fsp3) is 0.583. The third-order valence-corrected chi connectivity index (χ3v) is 4.08. The van der Waals surface area contributed by atoms with Crippen LogP contribution < -0.4 is 4.90 Å². The molecule has 1 aliphatic carbocycles. The number of anilines is 1. The molecule has 0 N–H and O–H groups in total. The van der Waals surface area contributed by atoms with Gasteiger partial charge in [0.05, 0.1) is 10.4 Å². The minimum atomic E-state index is -2.60. The smallest absolute Gasteiger partial charge is 0.256 e. The maximum absolute atomic E-state index is 13.7. The molecular weight excluding hydrogens is 265 g/mol. The van der Waals surface area contributed by atoms with Crippen LogP contribution in [0.1, 0.15) is 19.3 Å². The van der Waals surface area contributed by atoms with Crippen molar-refractivity contribution in [2.24, 2.45) is 5.41 Å². The molecule has 1 atom stereocenters. The van der Waals surface area contributed by atoms with Gasteiger partial charge in [0.2, 0.25) is 0 Å². The van der Waals surface area contributed by atoms with Crippen LogP contribution in [0.15, 0.2) is 12.3 Å². The van der Waals surface area contributed by atoms with E-state index in [4.69, 9.17) is 11.6 Å². The molecule has 2 aliphatic rings. The minimum absolute atomic E-state index is 0.0916. The highest BCUT2D eigenvalue weighted by atomic mass is 35.5. The van der Waals surface area contributed by atoms with E-state index in [-0.39, 0.29) is 23.8 Å². The third-order valence-electron chi connectivity index (χ3n) is 3.88. The van der Waals surface area contributed by atoms with E-state index < -0.39 is 17.2 Å². The summed E-state index contributed by atoms with van der Waals surface area (Å²) >= 11 is 5.63. The van der Waals surface area contributed by atoms with Crippen LogP contribution >= 0.6 is 11.6 Å². The van der Waals surface area contributed by atoms with E-state index in [0.717, 1.165) is 6.07 Å². The Morgan fingerprint density at radius 1 is 1.39 bits per heavy atom. The zero-order valence-electron chi connectivity index (χ0n) is 9.60. The van der Waals surface area contributed by atoms with Gasteiger partial charge in [-0.05, 0) is 18.9 Å². The van der Waals surface area contributed by atoms with E-state index in [1.165, 1.54) is 6.20 Å². The van der Waals surface area contributed by atoms with Gasteiger partial charge in [-0.1, -0.05) is 11.6 Å². The van der Waals surface area contributed by atoms with Gasteiger partial charge >= 0.3 is 0 Å². The normalized spacial score (nSPS) is 29.7. The Hall–Kier alpha value is -0.970. The second-order valence-electron chi connectivity index (χ2n) is 5.15. The lowest BCUT2D eigenvalue weighted by Crippen LogP contribution is -2.40. The summed E-state index contributed by atoms with van der Waals surface area (Å²) in [6.45, 7) is 0.731. The van der Waals surface area contributed by atoms with Crippen molar-refractivity contribution in [3.8, 4) is 0 Å². The van der Waals surface area contributed by atoms with Crippen LogP contribution in [-0.4, -0.2) is 24.0 Å². The number of hydrogen-bond donors (Lipinski definition) is 0. The van der Waals surface area contributed by atoms with Crippen molar-refractivity contribution in [2.45, 2.75) is 25.2 Å². The van der Waals surface area contributed by atoms with E-state index in [0.29, 0.717) is 19.4 Å². The Labute approximate surface area is 108 Å². The van der Waals surface area contributed by atoms with E-state index in [2.05, 4.69) is 4.98 Å². The fourth-order valence-corrected chi connectivity index (χ4v) is 2.92. The topological polar surface area (TPSA) is 16.1 Å². The maximum Gasteiger partial charge on any atom is 0.256 e. The first-order chi connectivity index (χ1) is 8.44. The first-order valence-corrected chi connectivity index (χ1v) is 6.25. The monoisotopic (exact) mass is 276 g/mol. The molecule has 1 unspecified atom stereocenters. The Morgan fingerprint density at radius 3 is 2.72 bits per heavy atom. The van der Waals surface area contributed by atoms with Crippen LogP contribution in [0.3, 0.4) is 0 Å². The number of rotatable bonds is 1. The second-order valence-corrected chi connectivity index (χ2v) is 5.58. The summed E-state index contributed by atoms with van der Waals surface area (Å²) in [7, 11) is 0. The molecule has 1 spiro atoms. The molecule has 3 rings (SSSR count). The number of hydrogen-bond acceptors (Lipinski definition) is 2. The average molecular weight is 277 g/mol. The summed E-state index contributed by atoms with van der Waals surface area (Å²) in [4.78, 5) is 5.52. The molecule has 98 valence electrons. The zero-order valence-corrected chi connectivity index (χ0v) is 10.4. The Kier molecular flexibility index (Phi) is 2.52. The summed E-state index contributed by atoms with van der Waals surface area (Å²) in [6.07, 6.45) is 2.39. The van der Waals surface area contributed by atoms with Crippen molar-refractivity contribution in [2.75, 3.05) is 18.0 Å². The lowest BCUT2D eigenvalue weighted by molar-refractivity contribution is 0.0574. The van der Waals surface area contributed by atoms with Gasteiger partial charge < -0.3 is 4.90 Å². The van der Waals surface area contributed by atoms with Gasteiger partial charge in [0.15, 0.2) is 11.6 Å². The lowest BCUT2D eigenvalue weighted by Gasteiger charge is -2.34. The van der Waals surface area contributed by atoms with Crippen LogP contribution in [0.2, 0.25) is 5.02 Å². The molecule has 0 bridgehead atoms. The number of halogens is 4. The molecule has 0 radical (unpaired) electrons. The minimum Gasteiger partial charge on any atom is -0.353 e. The SMILES string of the molecule is Fc1cc(Cl)cnc1N1CCCC2(C1)CC2(F)F. The second kappa shape index (κ2) is 3.76. The standard InChI is InChI=1S/C12H12ClF3N2/c13-8-4-9(14)10(17-5-8)18-3-1-2-11(7-18)6-12(11,15)16/h4-5H,1-3,6-7H2. The van der Waals surface area contributed by atoms with Gasteiger partial charge in [0.25, 0.3) is 5.92 Å². The molecule has 1 aromatic heterocycles. The van der Waals surface area contributed by atoms with Crippen LogP contribution in [0.25, 0.3) is 0 Å². The number of aromatic nitrogens is 1. The Bertz CT molecular complexity index is 494. The highest BCUT2D eigenvalue weighted by molar-refractivity contribution is 6.30. The molecule has 2 heterocycles. The quantitative estimate of drug-likeness (QED) is 0.780. The van der Waals surface area contributed by atoms with E-state index in [1.54, 1.807) is 4.90 Å². The van der Waals surface area contributed by atoms with Crippen LogP contribution in [-0.2, 0) is 0 Å². The highest BCUT2D eigenvalue weighted by Crippen LogP contribution is 2.64. The molecule has 6 heteroatoms. The first-order valence-electron chi connectivity index (χ1n) is 5.87. The van der Waals surface area contributed by atoms with Gasteiger partial charge in [0, 0.05) is 25.7 Å². The summed E-state index contributed by atoms with van der Waals surface area (Å²) in [5.74, 6) is -3.03. The Balaban J connectivity index is 1.85. The first kappa shape index (κ1) is 12.1. The molecule has 1 saturated heterocycles. The van der Waals surface area contributed by atoms with Crippen molar-refractivity contribution >= 4 is 17.4 Å². The molecule has 2 nitrogen and oxygen atoms in total. The largest absolute Gasteiger partial charge is 0.353 e. The van der Waals surface area contributed by atoms with Crippen molar-refractivity contribution < 1.29 is 13.2 Å². The number of alkyl halides is 2. The van der Waals surface area contributed by atoms with Gasteiger partial charge in [0.1, 0.15) is 0 Å². The maximum atomic E-state index is 13.7. The van der Waals surface area contributed by atoms with E-state index in [9.17, 15) is 13.2 Å². The third kappa shape index (κ3) is 1.76. The van der Waals surface area contributed by atoms with Gasteiger partial charge in [-0.3, -0.25) is 0 Å². The van der Waals surface area contributed by atoms with Gasteiger partial charge in [-0.15, -0.1) is 0 Å². The zero-order chi connectivity index (χ0) is 13.0. The number of piperidine rings is 1. The fourth-order valence-electron chi connectivity index (χ4n) is 2.78. The molecule has 0 aromatic carbocycles. The lowest BCUT2D eigenvalue weighted by atomic mass is 9.94. The van der Waals surface area contributed by atoms with Crippen LogP contribution in [0, 0.1) is 11.2 Å². The van der Waals surface area contributed by atoms with Crippen molar-refractivity contribution in [1.82, 2.24) is 4.98 Å². The van der Waals surface area contributed by atoms with Crippen molar-refractivity contribution in [3.63, 3.8) is 0 Å². The molecule has 2 fully saturated rings. The molecular formula is C12H12ClF3N2. The van der Waals surface area contributed by atoms with Crippen molar-refractivity contribution in [1.29, 1.82) is 0 Å². The van der Waals surface area contributed by atoms with Crippen LogP contribution in [0.5, 0.6) is 0 Å². The predicted octanol–water partition coefficient (Wildman–Crippen LogP) is 3.50. The molecule has 18 heavy (non-hydrogen) atoms. The van der Waals surface area contributed by atoms with Crippen molar-refractivity contribution in [3.05, 3.63) is 23.1 Å². The van der Waals surface area contributed by atoms with Gasteiger partial charge in [-0.25, -0.2) is 18.2 Å². The summed E-state index contributed by atoms with van der Waals surface area (Å²) in [6, 6.07) is 1.16. The molecule has 1 aromatic rings. The molecule has 1 aliphatic heterocycles. The van der Waals surface area contributed by atoms with Crippen LogP contribution in [0.4, 0.5) is 19.0 Å². The summed E-state index contributed by atoms with van der Waals surface area (Å²) < 4.78 is 40.5. The number of nitrogens with zero attached hydrogens (tertiary/aromatic N) is 2.